The second kappa shape index (κ2) is 10.5. The molecule has 1 atom stereocenters. The molecule has 4 aromatic carbocycles. The molecule has 0 aliphatic rings. The number of aryl methyl sites for hydroxylation is 1. The van der Waals surface area contributed by atoms with Gasteiger partial charge < -0.3 is 20.4 Å². The maximum absolute atomic E-state index is 13.1. The highest BCUT2D eigenvalue weighted by Crippen LogP contribution is 2.29. The van der Waals surface area contributed by atoms with Crippen LogP contribution >= 0.6 is 0 Å². The van der Waals surface area contributed by atoms with Gasteiger partial charge >= 0.3 is 0 Å². The van der Waals surface area contributed by atoms with Crippen molar-refractivity contribution in [2.24, 2.45) is 0 Å². The van der Waals surface area contributed by atoms with Crippen LogP contribution in [0.5, 0.6) is 5.75 Å². The number of amides is 1. The molecule has 5 aromatic rings. The smallest absolute Gasteiger partial charge is 0.251 e. The second-order valence-corrected chi connectivity index (χ2v) is 9.78. The van der Waals surface area contributed by atoms with Crippen molar-refractivity contribution in [3.05, 3.63) is 119 Å². The van der Waals surface area contributed by atoms with Gasteiger partial charge in [0, 0.05) is 40.0 Å². The van der Waals surface area contributed by atoms with Crippen LogP contribution in [0.3, 0.4) is 0 Å². The zero-order chi connectivity index (χ0) is 26.8. The van der Waals surface area contributed by atoms with Crippen LogP contribution in [0.25, 0.3) is 22.0 Å². The number of benzene rings is 4. The minimum absolute atomic E-state index is 0.0872. The number of hydrogen-bond acceptors (Lipinski definition) is 3. The number of ether oxygens (including phenoxy) is 1. The molecule has 1 amide bonds. The molecule has 0 fully saturated rings. The van der Waals surface area contributed by atoms with Crippen molar-refractivity contribution in [1.29, 1.82) is 0 Å². The highest BCUT2D eigenvalue weighted by atomic mass is 16.5. The third-order valence-corrected chi connectivity index (χ3v) is 7.43. The van der Waals surface area contributed by atoms with Crippen molar-refractivity contribution in [1.82, 2.24) is 9.88 Å². The molecule has 0 bridgehead atoms. The third kappa shape index (κ3) is 4.88. The summed E-state index contributed by atoms with van der Waals surface area (Å²) < 4.78 is 7.55. The Kier molecular flexibility index (Phi) is 6.93. The molecule has 0 unspecified atom stereocenters. The molecule has 0 aliphatic heterocycles. The molecule has 5 nitrogen and oxygen atoms in total. The molecule has 0 aliphatic carbocycles. The number of nitrogens with one attached hydrogen (secondary N) is 1. The molecule has 3 N–H and O–H groups in total. The van der Waals surface area contributed by atoms with Crippen LogP contribution in [-0.2, 0) is 6.54 Å². The van der Waals surface area contributed by atoms with E-state index in [-0.39, 0.29) is 11.9 Å². The van der Waals surface area contributed by atoms with Crippen LogP contribution in [0.2, 0.25) is 0 Å². The fourth-order valence-corrected chi connectivity index (χ4v) is 4.98. The van der Waals surface area contributed by atoms with Crippen LogP contribution in [0.1, 0.15) is 45.7 Å². The zero-order valence-electron chi connectivity index (χ0n) is 22.3. The summed E-state index contributed by atoms with van der Waals surface area (Å²) in [6.45, 7) is 7.00. The zero-order valence-corrected chi connectivity index (χ0v) is 22.3. The summed E-state index contributed by atoms with van der Waals surface area (Å²) in [5.41, 5.74) is 15.5. The van der Waals surface area contributed by atoms with Gasteiger partial charge in [-0.1, -0.05) is 54.6 Å². The van der Waals surface area contributed by atoms with Gasteiger partial charge in [-0.05, 0) is 79.4 Å². The van der Waals surface area contributed by atoms with Crippen LogP contribution in [-0.4, -0.2) is 17.6 Å². The van der Waals surface area contributed by atoms with Gasteiger partial charge in [-0.2, -0.15) is 0 Å². The normalized spacial score (nSPS) is 11.9. The Bertz CT molecular complexity index is 1600. The minimum Gasteiger partial charge on any atom is -0.497 e. The second-order valence-electron chi connectivity index (χ2n) is 9.78. The third-order valence-electron chi connectivity index (χ3n) is 7.43. The average Bonchev–Trinajstić information content (AvgIpc) is 3.18. The molecule has 0 saturated heterocycles. The van der Waals surface area contributed by atoms with Gasteiger partial charge in [-0.15, -0.1) is 0 Å². The first kappa shape index (κ1) is 25.2. The summed E-state index contributed by atoms with van der Waals surface area (Å²) in [5.74, 6) is 0.709. The van der Waals surface area contributed by atoms with E-state index in [0.717, 1.165) is 45.6 Å². The van der Waals surface area contributed by atoms with E-state index in [1.54, 1.807) is 7.11 Å². The number of carbonyl (C=O) groups excluding carboxylic acids is 1. The number of nitrogens with zero attached hydrogens (tertiary/aromatic N) is 1. The molecule has 0 radical (unpaired) electrons. The van der Waals surface area contributed by atoms with Crippen molar-refractivity contribution in [2.75, 3.05) is 12.8 Å². The van der Waals surface area contributed by atoms with Gasteiger partial charge in [0.25, 0.3) is 5.91 Å². The molecule has 1 aromatic heterocycles. The van der Waals surface area contributed by atoms with E-state index in [0.29, 0.717) is 5.56 Å². The van der Waals surface area contributed by atoms with E-state index in [1.165, 1.54) is 16.8 Å². The number of methoxy groups -OCH3 is 1. The first-order valence-electron chi connectivity index (χ1n) is 12.8. The number of rotatable bonds is 7. The fraction of sp³-hybridized carbons (Fsp3) is 0.182. The monoisotopic (exact) mass is 503 g/mol. The largest absolute Gasteiger partial charge is 0.497 e. The summed E-state index contributed by atoms with van der Waals surface area (Å²) in [5, 5.41) is 4.22. The summed E-state index contributed by atoms with van der Waals surface area (Å²) in [6, 6.07) is 30.1. The Morgan fingerprint density at radius 3 is 2.34 bits per heavy atom. The number of para-hydroxylation sites is 1. The number of aromatic nitrogens is 1. The standard InChI is InChI=1S/C33H33N3O2/c1-21-23(3)36(20-24-9-11-26(12-10-24)29-7-5-6-8-31(29)34)32-18-15-27(19-30(21)32)33(37)35-22(2)25-13-16-28(38-4)17-14-25/h5-19,22H,20,34H2,1-4H3,(H,35,37)/t22-/m0/s1. The van der Waals surface area contributed by atoms with Crippen molar-refractivity contribution in [3.63, 3.8) is 0 Å². The number of hydrogen-bond donors (Lipinski definition) is 2. The predicted molar refractivity (Wildman–Crippen MR) is 156 cm³/mol. The van der Waals surface area contributed by atoms with Gasteiger partial charge in [0.15, 0.2) is 0 Å². The van der Waals surface area contributed by atoms with Gasteiger partial charge in [0.05, 0.1) is 13.2 Å². The van der Waals surface area contributed by atoms with Crippen molar-refractivity contribution in [3.8, 4) is 16.9 Å². The summed E-state index contributed by atoms with van der Waals surface area (Å²) >= 11 is 0. The molecule has 0 saturated carbocycles. The first-order chi connectivity index (χ1) is 18.4. The number of anilines is 1. The van der Waals surface area contributed by atoms with Crippen LogP contribution in [0, 0.1) is 13.8 Å². The van der Waals surface area contributed by atoms with Crippen molar-refractivity contribution >= 4 is 22.5 Å². The van der Waals surface area contributed by atoms with E-state index < -0.39 is 0 Å². The number of nitrogen functional groups attached to an aromatic ring is 1. The maximum Gasteiger partial charge on any atom is 0.251 e. The number of carbonyl (C=O) groups is 1. The highest BCUT2D eigenvalue weighted by molar-refractivity contribution is 5.99. The summed E-state index contributed by atoms with van der Waals surface area (Å²) in [6.07, 6.45) is 0. The molecule has 0 spiro atoms. The van der Waals surface area contributed by atoms with Crippen LogP contribution < -0.4 is 15.8 Å². The lowest BCUT2D eigenvalue weighted by molar-refractivity contribution is 0.0940. The molecule has 192 valence electrons. The van der Waals surface area contributed by atoms with E-state index in [9.17, 15) is 4.79 Å². The number of fused-ring (bicyclic) bond motifs is 1. The molecule has 5 rings (SSSR count). The SMILES string of the molecule is COc1ccc([C@H](C)NC(=O)c2ccc3c(c2)c(C)c(C)n3Cc2ccc(-c3ccccc3N)cc2)cc1. The average molecular weight is 504 g/mol. The highest BCUT2D eigenvalue weighted by Gasteiger charge is 2.16. The Balaban J connectivity index is 1.36. The van der Waals surface area contributed by atoms with E-state index in [4.69, 9.17) is 10.5 Å². The Morgan fingerprint density at radius 2 is 1.66 bits per heavy atom. The Hall–Kier alpha value is -4.51. The lowest BCUT2D eigenvalue weighted by Crippen LogP contribution is -2.26. The van der Waals surface area contributed by atoms with Crippen LogP contribution in [0.4, 0.5) is 5.69 Å². The van der Waals surface area contributed by atoms with Crippen LogP contribution in [0.15, 0.2) is 91.0 Å². The number of nitrogens with two attached hydrogens (primary N) is 1. The van der Waals surface area contributed by atoms with Gasteiger partial charge in [-0.25, -0.2) is 0 Å². The molecular weight excluding hydrogens is 470 g/mol. The van der Waals surface area contributed by atoms with E-state index in [1.807, 2.05) is 67.6 Å². The molecule has 5 heteroatoms. The lowest BCUT2D eigenvalue weighted by atomic mass is 10.0. The molecule has 38 heavy (non-hydrogen) atoms. The van der Waals surface area contributed by atoms with Crippen molar-refractivity contribution < 1.29 is 9.53 Å². The maximum atomic E-state index is 13.1. The van der Waals surface area contributed by atoms with E-state index >= 15 is 0 Å². The quantitative estimate of drug-likeness (QED) is 0.234. The molecule has 1 heterocycles. The molecular formula is C33H33N3O2. The fourth-order valence-electron chi connectivity index (χ4n) is 4.98. The Morgan fingerprint density at radius 1 is 0.947 bits per heavy atom. The van der Waals surface area contributed by atoms with Gasteiger partial charge in [0.2, 0.25) is 0 Å². The van der Waals surface area contributed by atoms with Crippen molar-refractivity contribution in [2.45, 2.75) is 33.4 Å². The first-order valence-corrected chi connectivity index (χ1v) is 12.8. The summed E-state index contributed by atoms with van der Waals surface area (Å²) in [7, 11) is 1.64. The Labute approximate surface area is 223 Å². The van der Waals surface area contributed by atoms with E-state index in [2.05, 4.69) is 54.1 Å². The topological polar surface area (TPSA) is 69.3 Å². The predicted octanol–water partition coefficient (Wildman–Crippen LogP) is 7.06. The van der Waals surface area contributed by atoms with Gasteiger partial charge in [-0.3, -0.25) is 4.79 Å². The lowest BCUT2D eigenvalue weighted by Gasteiger charge is -2.15. The summed E-state index contributed by atoms with van der Waals surface area (Å²) in [4.78, 5) is 13.1. The minimum atomic E-state index is -0.120. The van der Waals surface area contributed by atoms with Gasteiger partial charge in [0.1, 0.15) is 5.75 Å².